The van der Waals surface area contributed by atoms with Gasteiger partial charge in [-0.15, -0.1) is 0 Å². The Kier molecular flexibility index (Phi) is 5.41. The molecule has 0 aromatic heterocycles. The normalized spacial score (nSPS) is 13.6. The van der Waals surface area contributed by atoms with Crippen LogP contribution in [0.5, 0.6) is 0 Å². The molecular formula is C15H22F3N. The van der Waals surface area contributed by atoms with Gasteiger partial charge in [0.15, 0.2) is 0 Å². The number of halogens is 3. The summed E-state index contributed by atoms with van der Waals surface area (Å²) in [5, 5.41) is 3.17. The molecule has 0 aliphatic heterocycles. The third-order valence-electron chi connectivity index (χ3n) is 3.25. The molecule has 1 atom stereocenters. The lowest BCUT2D eigenvalue weighted by molar-refractivity contribution is -0.136. The molecule has 0 radical (unpaired) electrons. The van der Waals surface area contributed by atoms with Gasteiger partial charge in [-0.2, -0.15) is 13.2 Å². The molecule has 0 saturated carbocycles. The SMILES string of the molecule is CCNC(CCC(F)(F)F)c1c(C)cc(C)cc1C. The van der Waals surface area contributed by atoms with Gasteiger partial charge in [-0.05, 0) is 50.4 Å². The Morgan fingerprint density at radius 2 is 1.63 bits per heavy atom. The third-order valence-corrected chi connectivity index (χ3v) is 3.25. The van der Waals surface area contributed by atoms with Crippen LogP contribution in [0.15, 0.2) is 12.1 Å². The minimum Gasteiger partial charge on any atom is -0.310 e. The van der Waals surface area contributed by atoms with E-state index in [0.717, 1.165) is 22.3 Å². The smallest absolute Gasteiger partial charge is 0.310 e. The number of rotatable bonds is 5. The average Bonchev–Trinajstić information content (AvgIpc) is 2.23. The highest BCUT2D eigenvalue weighted by Gasteiger charge is 2.29. The number of hydrogen-bond acceptors (Lipinski definition) is 1. The van der Waals surface area contributed by atoms with Gasteiger partial charge in [-0.1, -0.05) is 24.6 Å². The second kappa shape index (κ2) is 6.42. The molecule has 1 N–H and O–H groups in total. The number of nitrogens with one attached hydrogen (secondary N) is 1. The van der Waals surface area contributed by atoms with Crippen LogP contribution in [-0.2, 0) is 0 Å². The van der Waals surface area contributed by atoms with Gasteiger partial charge >= 0.3 is 6.18 Å². The predicted molar refractivity (Wildman–Crippen MR) is 72.4 cm³/mol. The van der Waals surface area contributed by atoms with Crippen molar-refractivity contribution in [3.8, 4) is 0 Å². The second-order valence-electron chi connectivity index (χ2n) is 5.08. The van der Waals surface area contributed by atoms with Gasteiger partial charge in [0.05, 0.1) is 0 Å². The quantitative estimate of drug-likeness (QED) is 0.826. The molecule has 4 heteroatoms. The molecular weight excluding hydrogens is 251 g/mol. The molecule has 0 aliphatic rings. The van der Waals surface area contributed by atoms with Crippen molar-refractivity contribution in [2.75, 3.05) is 6.54 Å². The van der Waals surface area contributed by atoms with Gasteiger partial charge in [0, 0.05) is 12.5 Å². The van der Waals surface area contributed by atoms with Crippen LogP contribution in [0.1, 0.15) is 48.1 Å². The van der Waals surface area contributed by atoms with Gasteiger partial charge in [-0.25, -0.2) is 0 Å². The second-order valence-corrected chi connectivity index (χ2v) is 5.08. The van der Waals surface area contributed by atoms with Crippen molar-refractivity contribution in [1.82, 2.24) is 5.32 Å². The molecule has 108 valence electrons. The molecule has 0 heterocycles. The maximum atomic E-state index is 12.4. The van der Waals surface area contributed by atoms with E-state index in [1.165, 1.54) is 0 Å². The summed E-state index contributed by atoms with van der Waals surface area (Å²) in [6.07, 6.45) is -4.76. The topological polar surface area (TPSA) is 12.0 Å². The van der Waals surface area contributed by atoms with Crippen LogP contribution in [-0.4, -0.2) is 12.7 Å². The fraction of sp³-hybridized carbons (Fsp3) is 0.600. The van der Waals surface area contributed by atoms with Gasteiger partial charge in [0.25, 0.3) is 0 Å². The monoisotopic (exact) mass is 273 g/mol. The largest absolute Gasteiger partial charge is 0.389 e. The molecule has 0 aliphatic carbocycles. The lowest BCUT2D eigenvalue weighted by Gasteiger charge is -2.23. The predicted octanol–water partition coefficient (Wildman–Crippen LogP) is 4.60. The van der Waals surface area contributed by atoms with Crippen molar-refractivity contribution in [3.63, 3.8) is 0 Å². The highest BCUT2D eigenvalue weighted by molar-refractivity contribution is 5.39. The van der Waals surface area contributed by atoms with E-state index in [1.54, 1.807) is 0 Å². The first-order valence-corrected chi connectivity index (χ1v) is 6.62. The zero-order chi connectivity index (χ0) is 14.6. The van der Waals surface area contributed by atoms with Gasteiger partial charge in [0.1, 0.15) is 0 Å². The van der Waals surface area contributed by atoms with E-state index in [-0.39, 0.29) is 12.5 Å². The standard InChI is InChI=1S/C15H22F3N/c1-5-19-13(6-7-15(16,17)18)14-11(3)8-10(2)9-12(14)4/h8-9,13,19H,5-7H2,1-4H3. The molecule has 19 heavy (non-hydrogen) atoms. The highest BCUT2D eigenvalue weighted by Crippen LogP contribution is 2.31. The van der Waals surface area contributed by atoms with Crippen LogP contribution in [0.25, 0.3) is 0 Å². The Morgan fingerprint density at radius 3 is 2.05 bits per heavy atom. The summed E-state index contributed by atoms with van der Waals surface area (Å²) in [4.78, 5) is 0. The van der Waals surface area contributed by atoms with Crippen LogP contribution >= 0.6 is 0 Å². The third kappa shape index (κ3) is 4.86. The van der Waals surface area contributed by atoms with E-state index in [9.17, 15) is 13.2 Å². The summed E-state index contributed by atoms with van der Waals surface area (Å²) >= 11 is 0. The number of aryl methyl sites for hydroxylation is 3. The first kappa shape index (κ1) is 16.0. The zero-order valence-corrected chi connectivity index (χ0v) is 12.0. The first-order valence-electron chi connectivity index (χ1n) is 6.62. The van der Waals surface area contributed by atoms with Crippen LogP contribution in [0.4, 0.5) is 13.2 Å². The van der Waals surface area contributed by atoms with Crippen molar-refractivity contribution in [2.45, 2.75) is 52.8 Å². The zero-order valence-electron chi connectivity index (χ0n) is 12.0. The first-order chi connectivity index (χ1) is 8.74. The van der Waals surface area contributed by atoms with Crippen LogP contribution < -0.4 is 5.32 Å². The molecule has 1 rings (SSSR count). The molecule has 0 spiro atoms. The van der Waals surface area contributed by atoms with E-state index in [4.69, 9.17) is 0 Å². The Bertz CT molecular complexity index is 401. The van der Waals surface area contributed by atoms with E-state index >= 15 is 0 Å². The lowest BCUT2D eigenvalue weighted by atomic mass is 9.91. The molecule has 0 fully saturated rings. The molecule has 0 amide bonds. The molecule has 1 aromatic rings. The van der Waals surface area contributed by atoms with Crippen molar-refractivity contribution in [1.29, 1.82) is 0 Å². The minimum absolute atomic E-state index is 0.0854. The molecule has 0 saturated heterocycles. The fourth-order valence-corrected chi connectivity index (χ4v) is 2.64. The molecule has 1 aromatic carbocycles. The van der Waals surface area contributed by atoms with Crippen molar-refractivity contribution >= 4 is 0 Å². The van der Waals surface area contributed by atoms with E-state index in [0.29, 0.717) is 6.54 Å². The average molecular weight is 273 g/mol. The lowest BCUT2D eigenvalue weighted by Crippen LogP contribution is -2.24. The highest BCUT2D eigenvalue weighted by atomic mass is 19.4. The maximum absolute atomic E-state index is 12.4. The van der Waals surface area contributed by atoms with Gasteiger partial charge < -0.3 is 5.32 Å². The van der Waals surface area contributed by atoms with Crippen molar-refractivity contribution in [3.05, 3.63) is 34.4 Å². The summed E-state index contributed by atoms with van der Waals surface area (Å²) in [7, 11) is 0. The van der Waals surface area contributed by atoms with E-state index in [1.807, 2.05) is 39.8 Å². The van der Waals surface area contributed by atoms with Gasteiger partial charge in [-0.3, -0.25) is 0 Å². The molecule has 1 nitrogen and oxygen atoms in total. The Hall–Kier alpha value is -1.03. The van der Waals surface area contributed by atoms with E-state index in [2.05, 4.69) is 5.32 Å². The van der Waals surface area contributed by atoms with Crippen LogP contribution in [0.2, 0.25) is 0 Å². The Morgan fingerprint density at radius 1 is 1.11 bits per heavy atom. The van der Waals surface area contributed by atoms with E-state index < -0.39 is 12.6 Å². The summed E-state index contributed by atoms with van der Waals surface area (Å²) in [5.74, 6) is 0. The summed E-state index contributed by atoms with van der Waals surface area (Å²) in [5.41, 5.74) is 4.28. The van der Waals surface area contributed by atoms with Crippen LogP contribution in [0.3, 0.4) is 0 Å². The molecule has 0 bridgehead atoms. The number of hydrogen-bond donors (Lipinski definition) is 1. The Labute approximate surface area is 113 Å². The molecule has 1 unspecified atom stereocenters. The maximum Gasteiger partial charge on any atom is 0.389 e. The van der Waals surface area contributed by atoms with Gasteiger partial charge in [0.2, 0.25) is 0 Å². The summed E-state index contributed by atoms with van der Waals surface area (Å²) in [6, 6.07) is 3.83. The number of benzene rings is 1. The fourth-order valence-electron chi connectivity index (χ4n) is 2.64. The Balaban J connectivity index is 2.99. The summed E-state index contributed by atoms with van der Waals surface area (Å²) in [6.45, 7) is 8.51. The minimum atomic E-state index is -4.10. The number of alkyl halides is 3. The summed E-state index contributed by atoms with van der Waals surface area (Å²) < 4.78 is 37.2. The van der Waals surface area contributed by atoms with Crippen LogP contribution in [0, 0.1) is 20.8 Å². The van der Waals surface area contributed by atoms with Crippen molar-refractivity contribution < 1.29 is 13.2 Å². The van der Waals surface area contributed by atoms with Crippen molar-refractivity contribution in [2.24, 2.45) is 0 Å².